The highest BCUT2D eigenvalue weighted by Crippen LogP contribution is 2.17. The monoisotopic (exact) mass is 245 g/mol. The average molecular weight is 245 g/mol. The predicted octanol–water partition coefficient (Wildman–Crippen LogP) is 2.45. The van der Waals surface area contributed by atoms with E-state index in [4.69, 9.17) is 10.8 Å². The third-order valence-electron chi connectivity index (χ3n) is 2.07. The first-order valence-corrected chi connectivity index (χ1v) is 5.59. The topological polar surface area (TPSA) is 89.1 Å². The lowest BCUT2D eigenvalue weighted by molar-refractivity contribution is 0.0691. The molecule has 0 atom stereocenters. The van der Waals surface area contributed by atoms with Crippen molar-refractivity contribution in [3.63, 3.8) is 0 Å². The van der Waals surface area contributed by atoms with Crippen LogP contribution in [0.1, 0.15) is 24.3 Å². The van der Waals surface area contributed by atoms with Crippen molar-refractivity contribution in [3.8, 4) is 11.3 Å². The lowest BCUT2D eigenvalue weighted by Gasteiger charge is -2.03. The van der Waals surface area contributed by atoms with Gasteiger partial charge in [-0.25, -0.2) is 14.8 Å². The van der Waals surface area contributed by atoms with Crippen LogP contribution in [0.3, 0.4) is 0 Å². The molecule has 2 aromatic rings. The minimum absolute atomic E-state index is 0.0767. The van der Waals surface area contributed by atoms with Gasteiger partial charge >= 0.3 is 5.97 Å². The molecule has 3 N–H and O–H groups in total. The van der Waals surface area contributed by atoms with E-state index in [1.165, 1.54) is 6.20 Å². The Balaban J connectivity index is 0.000000771. The van der Waals surface area contributed by atoms with Crippen LogP contribution in [-0.4, -0.2) is 21.0 Å². The summed E-state index contributed by atoms with van der Waals surface area (Å²) in [5.41, 5.74) is 6.49. The summed E-state index contributed by atoms with van der Waals surface area (Å²) >= 11 is 0. The number of benzene rings is 1. The van der Waals surface area contributed by atoms with Gasteiger partial charge in [-0.2, -0.15) is 0 Å². The van der Waals surface area contributed by atoms with E-state index in [2.05, 4.69) is 9.97 Å². The Hall–Kier alpha value is -2.43. The summed E-state index contributed by atoms with van der Waals surface area (Å²) in [6, 6.07) is 9.20. The van der Waals surface area contributed by atoms with Crippen molar-refractivity contribution in [1.82, 2.24) is 9.97 Å². The zero-order valence-corrected chi connectivity index (χ0v) is 10.3. The molecule has 5 heteroatoms. The molecule has 1 aromatic heterocycles. The van der Waals surface area contributed by atoms with E-state index in [0.717, 1.165) is 5.56 Å². The number of nitrogens with zero attached hydrogens (tertiary/aromatic N) is 2. The Bertz CT molecular complexity index is 527. The van der Waals surface area contributed by atoms with Crippen molar-refractivity contribution in [3.05, 3.63) is 42.2 Å². The lowest BCUT2D eigenvalue weighted by Crippen LogP contribution is -2.08. The molecule has 18 heavy (non-hydrogen) atoms. The summed E-state index contributed by atoms with van der Waals surface area (Å²) in [4.78, 5) is 18.6. The van der Waals surface area contributed by atoms with Gasteiger partial charge in [0.05, 0.1) is 11.9 Å². The van der Waals surface area contributed by atoms with Crippen molar-refractivity contribution in [2.75, 3.05) is 5.73 Å². The first-order chi connectivity index (χ1) is 8.68. The molecule has 0 aliphatic rings. The molecular formula is C13H15N3O2. The van der Waals surface area contributed by atoms with E-state index in [1.807, 2.05) is 44.2 Å². The number of rotatable bonds is 2. The van der Waals surface area contributed by atoms with Crippen LogP contribution < -0.4 is 5.73 Å². The van der Waals surface area contributed by atoms with Gasteiger partial charge in [0.2, 0.25) is 0 Å². The number of aromatic nitrogens is 2. The van der Waals surface area contributed by atoms with E-state index < -0.39 is 5.97 Å². The molecule has 0 aliphatic heterocycles. The smallest absolute Gasteiger partial charge is 0.358 e. The molecule has 0 bridgehead atoms. The summed E-state index contributed by atoms with van der Waals surface area (Å²) in [5, 5.41) is 8.85. The van der Waals surface area contributed by atoms with E-state index >= 15 is 0 Å². The van der Waals surface area contributed by atoms with Crippen molar-refractivity contribution < 1.29 is 9.90 Å². The van der Waals surface area contributed by atoms with E-state index in [0.29, 0.717) is 5.69 Å². The Morgan fingerprint density at radius 3 is 2.39 bits per heavy atom. The molecule has 0 amide bonds. The van der Waals surface area contributed by atoms with E-state index in [9.17, 15) is 4.79 Å². The second-order valence-corrected chi connectivity index (χ2v) is 3.16. The SMILES string of the molecule is CC.Nc1ncc(-c2ccccc2)nc1C(=O)O. The van der Waals surface area contributed by atoms with Crippen LogP contribution in [0, 0.1) is 0 Å². The molecule has 2 rings (SSSR count). The highest BCUT2D eigenvalue weighted by atomic mass is 16.4. The largest absolute Gasteiger partial charge is 0.476 e. The standard InChI is InChI=1S/C11H9N3O2.C2H6/c12-10-9(11(15)16)14-8(6-13-10)7-4-2-1-3-5-7;1-2/h1-6H,(H2,12,13)(H,15,16);1-2H3. The minimum atomic E-state index is -1.18. The summed E-state index contributed by atoms with van der Waals surface area (Å²) in [7, 11) is 0. The van der Waals surface area contributed by atoms with Crippen molar-refractivity contribution in [2.24, 2.45) is 0 Å². The van der Waals surface area contributed by atoms with Gasteiger partial charge in [0, 0.05) is 5.56 Å². The molecule has 0 unspecified atom stereocenters. The van der Waals surface area contributed by atoms with Crippen molar-refractivity contribution in [2.45, 2.75) is 13.8 Å². The third kappa shape index (κ3) is 3.04. The number of hydrogen-bond acceptors (Lipinski definition) is 4. The van der Waals surface area contributed by atoms with Crippen LogP contribution in [0.25, 0.3) is 11.3 Å². The predicted molar refractivity (Wildman–Crippen MR) is 70.2 cm³/mol. The Kier molecular flexibility index (Phi) is 4.80. The molecule has 0 radical (unpaired) electrons. The molecule has 0 spiro atoms. The maximum Gasteiger partial charge on any atom is 0.358 e. The second-order valence-electron chi connectivity index (χ2n) is 3.16. The first-order valence-electron chi connectivity index (χ1n) is 5.59. The molecule has 1 heterocycles. The zero-order valence-electron chi connectivity index (χ0n) is 10.3. The Labute approximate surface area is 105 Å². The molecule has 0 saturated heterocycles. The number of hydrogen-bond donors (Lipinski definition) is 2. The van der Waals surface area contributed by atoms with Crippen molar-refractivity contribution >= 4 is 11.8 Å². The van der Waals surface area contributed by atoms with Gasteiger partial charge in [0.1, 0.15) is 0 Å². The number of carboxylic acids is 1. The molecule has 0 saturated carbocycles. The normalized spacial score (nSPS) is 9.22. The first kappa shape index (κ1) is 13.6. The van der Waals surface area contributed by atoms with Crippen LogP contribution in [0.4, 0.5) is 5.82 Å². The Morgan fingerprint density at radius 2 is 1.83 bits per heavy atom. The number of nitrogen functional groups attached to an aromatic ring is 1. The van der Waals surface area contributed by atoms with Crippen LogP contribution >= 0.6 is 0 Å². The molecule has 94 valence electrons. The van der Waals surface area contributed by atoms with Crippen LogP contribution in [0.5, 0.6) is 0 Å². The highest BCUT2D eigenvalue weighted by Gasteiger charge is 2.12. The van der Waals surface area contributed by atoms with Crippen LogP contribution in [0.2, 0.25) is 0 Å². The molecule has 0 fully saturated rings. The van der Waals surface area contributed by atoms with Gasteiger partial charge in [0.25, 0.3) is 0 Å². The Morgan fingerprint density at radius 1 is 1.22 bits per heavy atom. The van der Waals surface area contributed by atoms with Gasteiger partial charge < -0.3 is 10.8 Å². The fourth-order valence-corrected chi connectivity index (χ4v) is 1.30. The van der Waals surface area contributed by atoms with Crippen molar-refractivity contribution in [1.29, 1.82) is 0 Å². The average Bonchev–Trinajstić information content (AvgIpc) is 2.42. The fraction of sp³-hybridized carbons (Fsp3) is 0.154. The summed E-state index contributed by atoms with van der Waals surface area (Å²) in [6.07, 6.45) is 1.46. The zero-order chi connectivity index (χ0) is 13.5. The van der Waals surface area contributed by atoms with Gasteiger partial charge in [0.15, 0.2) is 11.5 Å². The van der Waals surface area contributed by atoms with Crippen LogP contribution in [-0.2, 0) is 0 Å². The third-order valence-corrected chi connectivity index (χ3v) is 2.07. The maximum absolute atomic E-state index is 10.8. The quantitative estimate of drug-likeness (QED) is 0.848. The molecule has 5 nitrogen and oxygen atoms in total. The van der Waals surface area contributed by atoms with E-state index in [-0.39, 0.29) is 11.5 Å². The van der Waals surface area contributed by atoms with Crippen LogP contribution in [0.15, 0.2) is 36.5 Å². The lowest BCUT2D eigenvalue weighted by atomic mass is 10.1. The molecule has 0 aliphatic carbocycles. The molecular weight excluding hydrogens is 230 g/mol. The maximum atomic E-state index is 10.8. The summed E-state index contributed by atoms with van der Waals surface area (Å²) in [5.74, 6) is -1.25. The van der Waals surface area contributed by atoms with E-state index in [1.54, 1.807) is 0 Å². The summed E-state index contributed by atoms with van der Waals surface area (Å²) < 4.78 is 0. The number of anilines is 1. The number of nitrogens with two attached hydrogens (primary N) is 1. The number of carboxylic acid groups (broad SMARTS) is 1. The number of aromatic carboxylic acids is 1. The van der Waals surface area contributed by atoms with Gasteiger partial charge in [-0.3, -0.25) is 0 Å². The number of carbonyl (C=O) groups is 1. The molecule has 1 aromatic carbocycles. The minimum Gasteiger partial charge on any atom is -0.476 e. The van der Waals surface area contributed by atoms with Gasteiger partial charge in [-0.1, -0.05) is 44.2 Å². The second kappa shape index (κ2) is 6.34. The summed E-state index contributed by atoms with van der Waals surface area (Å²) in [6.45, 7) is 4.00. The van der Waals surface area contributed by atoms with Gasteiger partial charge in [-0.15, -0.1) is 0 Å². The highest BCUT2D eigenvalue weighted by molar-refractivity contribution is 5.90. The van der Waals surface area contributed by atoms with Gasteiger partial charge in [-0.05, 0) is 0 Å². The fourth-order valence-electron chi connectivity index (χ4n) is 1.30.